The molecule has 3 aromatic rings. The van der Waals surface area contributed by atoms with Gasteiger partial charge in [0.25, 0.3) is 15.7 Å². The number of anilines is 1. The minimum atomic E-state index is -3.90. The zero-order valence-electron chi connectivity index (χ0n) is 15.2. The van der Waals surface area contributed by atoms with Crippen molar-refractivity contribution < 1.29 is 17.7 Å². The van der Waals surface area contributed by atoms with E-state index < -0.39 is 14.9 Å². The number of hydrogen-bond donors (Lipinski definition) is 0. The van der Waals surface area contributed by atoms with Gasteiger partial charge in [-0.2, -0.15) is 0 Å². The van der Waals surface area contributed by atoms with Crippen LogP contribution in [0, 0.1) is 22.9 Å². The summed E-state index contributed by atoms with van der Waals surface area (Å²) >= 11 is 0. The van der Waals surface area contributed by atoms with Gasteiger partial charge in [-0.3, -0.25) is 14.4 Å². The predicted molar refractivity (Wildman–Crippen MR) is 105 cm³/mol. The van der Waals surface area contributed by atoms with Gasteiger partial charge in [-0.1, -0.05) is 24.3 Å². The van der Waals surface area contributed by atoms with Crippen molar-refractivity contribution in [1.29, 1.82) is 0 Å². The number of aryl methyl sites for hydroxylation is 1. The minimum absolute atomic E-state index is 0.0644. The van der Waals surface area contributed by atoms with E-state index in [2.05, 4.69) is 0 Å². The first kappa shape index (κ1) is 19.5. The van der Waals surface area contributed by atoms with Crippen molar-refractivity contribution in [1.82, 2.24) is 0 Å². The molecule has 0 aliphatic carbocycles. The Morgan fingerprint density at radius 3 is 2.25 bits per heavy atom. The molecule has 0 amide bonds. The molecular formula is C20H17FN2O4S. The van der Waals surface area contributed by atoms with Crippen molar-refractivity contribution in [2.45, 2.75) is 11.8 Å². The maximum absolute atomic E-state index is 13.1. The minimum Gasteiger partial charge on any atom is -0.269 e. The van der Waals surface area contributed by atoms with Crippen LogP contribution < -0.4 is 4.31 Å². The molecule has 0 saturated carbocycles. The normalized spacial score (nSPS) is 11.2. The number of rotatable bonds is 5. The van der Waals surface area contributed by atoms with Gasteiger partial charge < -0.3 is 0 Å². The van der Waals surface area contributed by atoms with E-state index in [0.717, 1.165) is 4.31 Å². The largest absolute Gasteiger partial charge is 0.269 e. The van der Waals surface area contributed by atoms with Crippen LogP contribution in [0.4, 0.5) is 15.8 Å². The number of hydrogen-bond acceptors (Lipinski definition) is 4. The number of sulfonamides is 1. The lowest BCUT2D eigenvalue weighted by Gasteiger charge is -2.21. The highest BCUT2D eigenvalue weighted by atomic mass is 32.2. The van der Waals surface area contributed by atoms with E-state index in [1.165, 1.54) is 49.5 Å². The van der Waals surface area contributed by atoms with Crippen molar-refractivity contribution in [3.05, 3.63) is 88.2 Å². The third-order valence-electron chi connectivity index (χ3n) is 4.40. The summed E-state index contributed by atoms with van der Waals surface area (Å²) in [5.41, 5.74) is 2.03. The van der Waals surface area contributed by atoms with Crippen LogP contribution in [-0.2, 0) is 10.0 Å². The molecule has 0 unspecified atom stereocenters. The van der Waals surface area contributed by atoms with Crippen LogP contribution in [0.2, 0.25) is 0 Å². The number of non-ortho nitro benzene ring substituents is 1. The van der Waals surface area contributed by atoms with Crippen LogP contribution in [0.3, 0.4) is 0 Å². The molecule has 0 heterocycles. The van der Waals surface area contributed by atoms with Gasteiger partial charge in [0.15, 0.2) is 0 Å². The first-order chi connectivity index (χ1) is 13.2. The topological polar surface area (TPSA) is 80.5 Å². The molecule has 0 aromatic heterocycles. The molecule has 0 radical (unpaired) electrons. The Hall–Kier alpha value is -3.26. The Kier molecular flexibility index (Phi) is 5.15. The average Bonchev–Trinajstić information content (AvgIpc) is 2.68. The molecule has 0 spiro atoms. The number of halogens is 1. The monoisotopic (exact) mass is 400 g/mol. The van der Waals surface area contributed by atoms with E-state index in [9.17, 15) is 22.9 Å². The Morgan fingerprint density at radius 1 is 0.964 bits per heavy atom. The lowest BCUT2D eigenvalue weighted by Crippen LogP contribution is -2.27. The fourth-order valence-electron chi connectivity index (χ4n) is 2.87. The summed E-state index contributed by atoms with van der Waals surface area (Å²) in [4.78, 5) is 10.4. The van der Waals surface area contributed by atoms with Gasteiger partial charge in [0.2, 0.25) is 0 Å². The maximum atomic E-state index is 13.1. The van der Waals surface area contributed by atoms with Crippen LogP contribution in [0.1, 0.15) is 5.56 Å². The van der Waals surface area contributed by atoms with E-state index in [1.807, 2.05) is 0 Å². The van der Waals surface area contributed by atoms with Crippen LogP contribution in [-0.4, -0.2) is 20.4 Å². The van der Waals surface area contributed by atoms with E-state index in [0.29, 0.717) is 22.4 Å². The van der Waals surface area contributed by atoms with Crippen LogP contribution in [0.15, 0.2) is 71.6 Å². The van der Waals surface area contributed by atoms with Crippen LogP contribution >= 0.6 is 0 Å². The van der Waals surface area contributed by atoms with E-state index in [4.69, 9.17) is 0 Å². The summed E-state index contributed by atoms with van der Waals surface area (Å²) in [5, 5.41) is 10.9. The van der Waals surface area contributed by atoms with Crippen molar-refractivity contribution in [2.75, 3.05) is 11.4 Å². The highest BCUT2D eigenvalue weighted by molar-refractivity contribution is 7.92. The van der Waals surface area contributed by atoms with Gasteiger partial charge >= 0.3 is 0 Å². The lowest BCUT2D eigenvalue weighted by atomic mass is 10.1. The molecule has 0 bridgehead atoms. The maximum Gasteiger partial charge on any atom is 0.269 e. The molecule has 144 valence electrons. The second-order valence-electron chi connectivity index (χ2n) is 6.24. The molecule has 3 rings (SSSR count). The summed E-state index contributed by atoms with van der Waals surface area (Å²) in [6.45, 7) is 1.61. The van der Waals surface area contributed by atoms with E-state index in [-0.39, 0.29) is 16.4 Å². The predicted octanol–water partition coefficient (Wildman–Crippen LogP) is 4.53. The molecule has 0 saturated heterocycles. The Morgan fingerprint density at radius 2 is 1.64 bits per heavy atom. The van der Waals surface area contributed by atoms with Crippen molar-refractivity contribution in [2.24, 2.45) is 0 Å². The van der Waals surface area contributed by atoms with Crippen molar-refractivity contribution >= 4 is 21.4 Å². The number of benzene rings is 3. The molecule has 0 aliphatic rings. The summed E-state index contributed by atoms with van der Waals surface area (Å²) in [6, 6.07) is 16.1. The third-order valence-corrected chi connectivity index (χ3v) is 6.17. The van der Waals surface area contributed by atoms with Gasteiger partial charge in [-0.15, -0.1) is 0 Å². The van der Waals surface area contributed by atoms with Crippen LogP contribution in [0.25, 0.3) is 11.1 Å². The molecule has 8 heteroatoms. The number of nitro benzene ring substituents is 1. The van der Waals surface area contributed by atoms with Crippen molar-refractivity contribution in [3.63, 3.8) is 0 Å². The molecule has 0 N–H and O–H groups in total. The zero-order chi connectivity index (χ0) is 20.5. The Bertz CT molecular complexity index is 1150. The Balaban J connectivity index is 2.00. The van der Waals surface area contributed by atoms with Gasteiger partial charge in [0.1, 0.15) is 5.82 Å². The standard InChI is InChI=1S/C20H17FN2O4S/c1-14-12-18(23(24)25)10-11-20(14)22(2)28(26,27)19-5-3-4-16(13-19)15-6-8-17(21)9-7-15/h3-13H,1-2H3. The smallest absolute Gasteiger partial charge is 0.269 e. The fraction of sp³-hybridized carbons (Fsp3) is 0.100. The fourth-order valence-corrected chi connectivity index (χ4v) is 4.18. The van der Waals surface area contributed by atoms with Gasteiger partial charge in [0, 0.05) is 19.2 Å². The molecule has 0 atom stereocenters. The lowest BCUT2D eigenvalue weighted by molar-refractivity contribution is -0.384. The molecular weight excluding hydrogens is 383 g/mol. The first-order valence-electron chi connectivity index (χ1n) is 8.30. The third kappa shape index (κ3) is 3.72. The summed E-state index contributed by atoms with van der Waals surface area (Å²) < 4.78 is 40.4. The number of nitrogens with zero attached hydrogens (tertiary/aromatic N) is 2. The summed E-state index contributed by atoms with van der Waals surface area (Å²) in [6.07, 6.45) is 0. The zero-order valence-corrected chi connectivity index (χ0v) is 16.0. The van der Waals surface area contributed by atoms with Gasteiger partial charge in [-0.25, -0.2) is 12.8 Å². The van der Waals surface area contributed by atoms with Gasteiger partial charge in [0.05, 0.1) is 15.5 Å². The molecule has 6 nitrogen and oxygen atoms in total. The van der Waals surface area contributed by atoms with Gasteiger partial charge in [-0.05, 0) is 53.9 Å². The Labute approximate surface area is 162 Å². The first-order valence-corrected chi connectivity index (χ1v) is 9.74. The second-order valence-corrected chi connectivity index (χ2v) is 8.20. The van der Waals surface area contributed by atoms with E-state index >= 15 is 0 Å². The quantitative estimate of drug-likeness (QED) is 0.465. The molecule has 0 fully saturated rings. The molecule has 28 heavy (non-hydrogen) atoms. The highest BCUT2D eigenvalue weighted by Gasteiger charge is 2.24. The molecule has 0 aliphatic heterocycles. The summed E-state index contributed by atoms with van der Waals surface area (Å²) in [7, 11) is -2.50. The van der Waals surface area contributed by atoms with Crippen LogP contribution in [0.5, 0.6) is 0 Å². The second kappa shape index (κ2) is 7.40. The van der Waals surface area contributed by atoms with Crippen molar-refractivity contribution in [3.8, 4) is 11.1 Å². The SMILES string of the molecule is Cc1cc([N+](=O)[O-])ccc1N(C)S(=O)(=O)c1cccc(-c2ccc(F)cc2)c1. The van der Waals surface area contributed by atoms with E-state index in [1.54, 1.807) is 31.2 Å². The molecule has 3 aromatic carbocycles. The highest BCUT2D eigenvalue weighted by Crippen LogP contribution is 2.30. The average molecular weight is 400 g/mol. The summed E-state index contributed by atoms with van der Waals surface area (Å²) in [5.74, 6) is -0.374. The number of nitro groups is 1.